The molecule has 192 valence electrons. The molecule has 0 aromatic heterocycles. The number of benzene rings is 2. The van der Waals surface area contributed by atoms with Gasteiger partial charge in [-0.05, 0) is 61.4 Å². The van der Waals surface area contributed by atoms with E-state index in [0.29, 0.717) is 24.5 Å². The second-order valence-corrected chi connectivity index (χ2v) is 9.36. The number of carbonyl (C=O) groups excluding carboxylic acids is 3. The van der Waals surface area contributed by atoms with E-state index in [0.717, 1.165) is 49.7 Å². The molecule has 9 heteroatoms. The Morgan fingerprint density at radius 1 is 1.06 bits per heavy atom. The van der Waals surface area contributed by atoms with Gasteiger partial charge in [-0.2, -0.15) is 0 Å². The van der Waals surface area contributed by atoms with Crippen LogP contribution < -0.4 is 20.3 Å². The van der Waals surface area contributed by atoms with Gasteiger partial charge in [0.2, 0.25) is 11.8 Å². The van der Waals surface area contributed by atoms with Gasteiger partial charge in [-0.1, -0.05) is 6.07 Å². The summed E-state index contributed by atoms with van der Waals surface area (Å²) in [6.45, 7) is 8.73. The Balaban J connectivity index is 1.22. The Morgan fingerprint density at radius 3 is 2.44 bits per heavy atom. The normalized spacial score (nSPS) is 18.2. The molecule has 36 heavy (non-hydrogen) atoms. The van der Waals surface area contributed by atoms with Gasteiger partial charge in [-0.25, -0.2) is 0 Å². The van der Waals surface area contributed by atoms with Crippen molar-refractivity contribution in [3.63, 3.8) is 0 Å². The Kier molecular flexibility index (Phi) is 8.56. The van der Waals surface area contributed by atoms with Gasteiger partial charge in [-0.3, -0.25) is 19.3 Å². The first-order valence-electron chi connectivity index (χ1n) is 12.4. The van der Waals surface area contributed by atoms with Crippen LogP contribution in [0.5, 0.6) is 5.75 Å². The molecule has 0 spiro atoms. The lowest BCUT2D eigenvalue weighted by molar-refractivity contribution is -0.126. The summed E-state index contributed by atoms with van der Waals surface area (Å²) in [7, 11) is 0. The number of ether oxygens (including phenoxy) is 2. The van der Waals surface area contributed by atoms with Gasteiger partial charge in [0.1, 0.15) is 5.75 Å². The fraction of sp³-hybridized carbons (Fsp3) is 0.444. The van der Waals surface area contributed by atoms with Crippen LogP contribution in [0.4, 0.5) is 11.4 Å². The number of nitrogens with one attached hydrogen (secondary N) is 2. The maximum absolute atomic E-state index is 12.6. The number of morpholine rings is 1. The fourth-order valence-electron chi connectivity index (χ4n) is 4.55. The van der Waals surface area contributed by atoms with Crippen molar-refractivity contribution in [2.45, 2.75) is 20.3 Å². The number of carbonyl (C=O) groups is 3. The third-order valence-corrected chi connectivity index (χ3v) is 6.35. The standard InChI is InChI=1S/C27H34N4O5/c1-19-13-20(2)15-22(14-19)29-25(32)18-36-24-5-3-23(4-6-24)31-17-21(16-26(31)33)27(34)28-7-8-30-9-11-35-12-10-30/h3-6,13-15,21H,7-12,16-18H2,1-2H3,(H,28,34)(H,29,32)/t21-/m1/s1. The topological polar surface area (TPSA) is 100 Å². The molecule has 2 aliphatic heterocycles. The highest BCUT2D eigenvalue weighted by atomic mass is 16.5. The molecule has 4 rings (SSSR count). The Bertz CT molecular complexity index is 1060. The van der Waals surface area contributed by atoms with Crippen LogP contribution in [-0.2, 0) is 19.1 Å². The summed E-state index contributed by atoms with van der Waals surface area (Å²) >= 11 is 0. The largest absolute Gasteiger partial charge is 0.484 e. The third-order valence-electron chi connectivity index (χ3n) is 6.35. The van der Waals surface area contributed by atoms with Crippen LogP contribution in [0.25, 0.3) is 0 Å². The maximum atomic E-state index is 12.6. The molecule has 0 unspecified atom stereocenters. The highest BCUT2D eigenvalue weighted by Gasteiger charge is 2.35. The van der Waals surface area contributed by atoms with E-state index in [4.69, 9.17) is 9.47 Å². The van der Waals surface area contributed by atoms with Crippen LogP contribution >= 0.6 is 0 Å². The van der Waals surface area contributed by atoms with E-state index in [1.807, 2.05) is 32.0 Å². The Hall–Kier alpha value is -3.43. The summed E-state index contributed by atoms with van der Waals surface area (Å²) in [6, 6.07) is 12.8. The lowest BCUT2D eigenvalue weighted by Gasteiger charge is -2.26. The molecule has 9 nitrogen and oxygen atoms in total. The van der Waals surface area contributed by atoms with Gasteiger partial charge in [0, 0.05) is 50.5 Å². The van der Waals surface area contributed by atoms with Gasteiger partial charge < -0.3 is 25.0 Å². The lowest BCUT2D eigenvalue weighted by atomic mass is 10.1. The van der Waals surface area contributed by atoms with Crippen molar-refractivity contribution in [1.29, 1.82) is 0 Å². The first-order valence-corrected chi connectivity index (χ1v) is 12.4. The molecular weight excluding hydrogens is 460 g/mol. The van der Waals surface area contributed by atoms with Gasteiger partial charge in [0.25, 0.3) is 5.91 Å². The minimum atomic E-state index is -0.368. The van der Waals surface area contributed by atoms with E-state index in [9.17, 15) is 14.4 Å². The molecular formula is C27H34N4O5. The molecule has 2 N–H and O–H groups in total. The molecule has 2 aromatic carbocycles. The first-order chi connectivity index (χ1) is 17.4. The fourth-order valence-corrected chi connectivity index (χ4v) is 4.55. The third kappa shape index (κ3) is 7.05. The summed E-state index contributed by atoms with van der Waals surface area (Å²) in [5.41, 5.74) is 3.59. The zero-order valence-corrected chi connectivity index (χ0v) is 20.9. The smallest absolute Gasteiger partial charge is 0.262 e. The summed E-state index contributed by atoms with van der Waals surface area (Å²) in [6.07, 6.45) is 0.195. The monoisotopic (exact) mass is 494 g/mol. The maximum Gasteiger partial charge on any atom is 0.262 e. The molecule has 1 atom stereocenters. The molecule has 2 saturated heterocycles. The average Bonchev–Trinajstić information content (AvgIpc) is 3.25. The summed E-state index contributed by atoms with van der Waals surface area (Å²) in [4.78, 5) is 41.3. The molecule has 2 aromatic rings. The molecule has 3 amide bonds. The van der Waals surface area contributed by atoms with E-state index in [2.05, 4.69) is 15.5 Å². The van der Waals surface area contributed by atoms with Crippen molar-refractivity contribution >= 4 is 29.1 Å². The number of aryl methyl sites for hydroxylation is 2. The number of rotatable bonds is 9. The van der Waals surface area contributed by atoms with E-state index >= 15 is 0 Å². The highest BCUT2D eigenvalue weighted by Crippen LogP contribution is 2.27. The quantitative estimate of drug-likeness (QED) is 0.554. The average molecular weight is 495 g/mol. The van der Waals surface area contributed by atoms with Gasteiger partial charge >= 0.3 is 0 Å². The Labute approximate surface area is 211 Å². The lowest BCUT2D eigenvalue weighted by Crippen LogP contribution is -2.42. The van der Waals surface area contributed by atoms with Crippen molar-refractivity contribution in [1.82, 2.24) is 10.2 Å². The van der Waals surface area contributed by atoms with Crippen molar-refractivity contribution in [3.8, 4) is 5.75 Å². The van der Waals surface area contributed by atoms with Gasteiger partial charge in [0.15, 0.2) is 6.61 Å². The number of hydrogen-bond donors (Lipinski definition) is 2. The van der Waals surface area contributed by atoms with E-state index in [1.165, 1.54) is 0 Å². The molecule has 0 saturated carbocycles. The number of hydrogen-bond acceptors (Lipinski definition) is 6. The van der Waals surface area contributed by atoms with Crippen LogP contribution in [-0.4, -0.2) is 75.2 Å². The number of nitrogens with zero attached hydrogens (tertiary/aromatic N) is 2. The van der Waals surface area contributed by atoms with Crippen molar-refractivity contribution in [2.24, 2.45) is 5.92 Å². The summed E-state index contributed by atoms with van der Waals surface area (Å²) in [5.74, 6) is -0.259. The second kappa shape index (κ2) is 12.0. The van der Waals surface area contributed by atoms with E-state index < -0.39 is 0 Å². The minimum Gasteiger partial charge on any atom is -0.484 e. The molecule has 0 bridgehead atoms. The van der Waals surface area contributed by atoms with Crippen LogP contribution in [0.15, 0.2) is 42.5 Å². The van der Waals surface area contributed by atoms with E-state index in [-0.39, 0.29) is 36.7 Å². The van der Waals surface area contributed by atoms with Crippen LogP contribution in [0.3, 0.4) is 0 Å². The van der Waals surface area contributed by atoms with Crippen molar-refractivity contribution < 1.29 is 23.9 Å². The van der Waals surface area contributed by atoms with Crippen LogP contribution in [0.2, 0.25) is 0 Å². The second-order valence-electron chi connectivity index (χ2n) is 9.36. The van der Waals surface area contributed by atoms with E-state index in [1.54, 1.807) is 29.2 Å². The zero-order chi connectivity index (χ0) is 25.5. The zero-order valence-electron chi connectivity index (χ0n) is 20.9. The molecule has 2 heterocycles. The van der Waals surface area contributed by atoms with Crippen LogP contribution in [0.1, 0.15) is 17.5 Å². The molecule has 2 fully saturated rings. The predicted octanol–water partition coefficient (Wildman–Crippen LogP) is 2.12. The van der Waals surface area contributed by atoms with Crippen molar-refractivity contribution in [2.75, 3.05) is 62.8 Å². The first kappa shape index (κ1) is 25.7. The number of amides is 3. The van der Waals surface area contributed by atoms with Crippen molar-refractivity contribution in [3.05, 3.63) is 53.6 Å². The molecule has 0 radical (unpaired) electrons. The van der Waals surface area contributed by atoms with Crippen LogP contribution in [0, 0.1) is 19.8 Å². The van der Waals surface area contributed by atoms with Gasteiger partial charge in [0.05, 0.1) is 19.1 Å². The SMILES string of the molecule is Cc1cc(C)cc(NC(=O)COc2ccc(N3C[C@H](C(=O)NCCN4CCOCC4)CC3=O)cc2)c1. The Morgan fingerprint density at radius 2 is 1.75 bits per heavy atom. The summed E-state index contributed by atoms with van der Waals surface area (Å²) < 4.78 is 10.9. The highest BCUT2D eigenvalue weighted by molar-refractivity contribution is 6.00. The minimum absolute atomic E-state index is 0.0789. The summed E-state index contributed by atoms with van der Waals surface area (Å²) in [5, 5.41) is 5.81. The number of anilines is 2. The molecule has 2 aliphatic rings. The molecule has 0 aliphatic carbocycles. The predicted molar refractivity (Wildman–Crippen MR) is 137 cm³/mol. The van der Waals surface area contributed by atoms with Gasteiger partial charge in [-0.15, -0.1) is 0 Å².